The Morgan fingerprint density at radius 2 is 2.03 bits per heavy atom. The van der Waals surface area contributed by atoms with Crippen LogP contribution in [0.25, 0.3) is 16.2 Å². The van der Waals surface area contributed by atoms with Crippen LogP contribution in [0.15, 0.2) is 65.0 Å². The smallest absolute Gasteiger partial charge is 0.226 e. The van der Waals surface area contributed by atoms with Crippen LogP contribution < -0.4 is 5.32 Å². The van der Waals surface area contributed by atoms with Crippen LogP contribution in [0.3, 0.4) is 0 Å². The molecule has 146 valence electrons. The fraction of sp³-hybridized carbons (Fsp3) is 0.182. The number of carbonyl (C=O) groups is 1. The summed E-state index contributed by atoms with van der Waals surface area (Å²) in [4.78, 5) is 19.4. The van der Waals surface area contributed by atoms with Crippen molar-refractivity contribution in [3.63, 3.8) is 0 Å². The van der Waals surface area contributed by atoms with Crippen LogP contribution in [-0.4, -0.2) is 21.0 Å². The van der Waals surface area contributed by atoms with Crippen LogP contribution in [0.2, 0.25) is 0 Å². The fourth-order valence-electron chi connectivity index (χ4n) is 3.62. The molecule has 2 aromatic heterocycles. The van der Waals surface area contributed by atoms with Crippen LogP contribution in [0.5, 0.6) is 0 Å². The molecule has 1 aliphatic rings. The molecule has 0 aliphatic carbocycles. The highest BCUT2D eigenvalue weighted by Crippen LogP contribution is 2.35. The SMILES string of the molecule is O=C(Cc1csc2nc(-c3ccc(F)cc3)cn12)NC1CCSc2ccccc21. The first-order chi connectivity index (χ1) is 14.2. The van der Waals surface area contributed by atoms with E-state index in [0.29, 0.717) is 6.42 Å². The van der Waals surface area contributed by atoms with Crippen LogP contribution in [0.4, 0.5) is 4.39 Å². The van der Waals surface area contributed by atoms with Gasteiger partial charge in [-0.3, -0.25) is 9.20 Å². The van der Waals surface area contributed by atoms with Crippen molar-refractivity contribution in [1.82, 2.24) is 14.7 Å². The zero-order valence-corrected chi connectivity index (χ0v) is 17.1. The van der Waals surface area contributed by atoms with Gasteiger partial charge < -0.3 is 5.32 Å². The molecule has 2 aromatic carbocycles. The molecule has 4 aromatic rings. The van der Waals surface area contributed by atoms with Gasteiger partial charge >= 0.3 is 0 Å². The lowest BCUT2D eigenvalue weighted by Gasteiger charge is -2.25. The van der Waals surface area contributed by atoms with E-state index in [9.17, 15) is 9.18 Å². The maximum atomic E-state index is 13.2. The maximum Gasteiger partial charge on any atom is 0.226 e. The van der Waals surface area contributed by atoms with E-state index >= 15 is 0 Å². The van der Waals surface area contributed by atoms with Crippen molar-refractivity contribution in [2.24, 2.45) is 0 Å². The molecule has 3 heterocycles. The average Bonchev–Trinajstić information content (AvgIpc) is 3.31. The molecule has 1 unspecified atom stereocenters. The van der Waals surface area contributed by atoms with Crippen molar-refractivity contribution in [3.05, 3.63) is 77.2 Å². The highest BCUT2D eigenvalue weighted by molar-refractivity contribution is 7.99. The summed E-state index contributed by atoms with van der Waals surface area (Å²) in [5.41, 5.74) is 3.74. The number of halogens is 1. The van der Waals surface area contributed by atoms with Gasteiger partial charge in [-0.1, -0.05) is 18.2 Å². The van der Waals surface area contributed by atoms with Crippen LogP contribution >= 0.6 is 23.1 Å². The van der Waals surface area contributed by atoms with Crippen molar-refractivity contribution in [1.29, 1.82) is 0 Å². The summed E-state index contributed by atoms with van der Waals surface area (Å²) >= 11 is 3.35. The highest BCUT2D eigenvalue weighted by atomic mass is 32.2. The number of amides is 1. The second kappa shape index (κ2) is 7.65. The fourth-order valence-corrected chi connectivity index (χ4v) is 5.62. The number of nitrogens with zero attached hydrogens (tertiary/aromatic N) is 2. The summed E-state index contributed by atoms with van der Waals surface area (Å²) in [5, 5.41) is 5.17. The molecule has 4 nitrogen and oxygen atoms in total. The number of fused-ring (bicyclic) bond motifs is 2. The molecule has 29 heavy (non-hydrogen) atoms. The maximum absolute atomic E-state index is 13.2. The molecule has 1 aliphatic heterocycles. The van der Waals surface area contributed by atoms with Crippen molar-refractivity contribution in [2.45, 2.75) is 23.8 Å². The molecule has 0 spiro atoms. The number of benzene rings is 2. The second-order valence-electron chi connectivity index (χ2n) is 6.98. The first kappa shape index (κ1) is 18.4. The molecule has 7 heteroatoms. The third-order valence-corrected chi connectivity index (χ3v) is 7.07. The number of carbonyl (C=O) groups excluding carboxylic acids is 1. The average molecular weight is 424 g/mol. The summed E-state index contributed by atoms with van der Waals surface area (Å²) in [5.74, 6) is 0.746. The van der Waals surface area contributed by atoms with Gasteiger partial charge in [-0.05, 0) is 42.3 Å². The first-order valence-corrected chi connectivity index (χ1v) is 11.3. The topological polar surface area (TPSA) is 46.4 Å². The number of thiazole rings is 1. The molecular weight excluding hydrogens is 405 g/mol. The largest absolute Gasteiger partial charge is 0.349 e. The van der Waals surface area contributed by atoms with Gasteiger partial charge in [0.2, 0.25) is 5.91 Å². The van der Waals surface area contributed by atoms with E-state index in [0.717, 1.165) is 34.1 Å². The van der Waals surface area contributed by atoms with Gasteiger partial charge in [0.15, 0.2) is 4.96 Å². The number of rotatable bonds is 4. The monoisotopic (exact) mass is 423 g/mol. The number of aromatic nitrogens is 2. The van der Waals surface area contributed by atoms with Gasteiger partial charge in [0.05, 0.1) is 18.2 Å². The molecule has 0 radical (unpaired) electrons. The van der Waals surface area contributed by atoms with Gasteiger partial charge in [-0.15, -0.1) is 23.1 Å². The number of nitrogens with one attached hydrogen (secondary N) is 1. The predicted molar refractivity (Wildman–Crippen MR) is 115 cm³/mol. The Balaban J connectivity index is 1.34. The molecule has 0 fully saturated rings. The van der Waals surface area contributed by atoms with Crippen LogP contribution in [0, 0.1) is 5.82 Å². The number of hydrogen-bond acceptors (Lipinski definition) is 4. The molecule has 1 atom stereocenters. The van der Waals surface area contributed by atoms with Crippen LogP contribution in [0.1, 0.15) is 23.7 Å². The normalized spacial score (nSPS) is 16.0. The molecular formula is C22H18FN3OS2. The molecule has 0 saturated heterocycles. The second-order valence-corrected chi connectivity index (χ2v) is 8.96. The molecule has 0 saturated carbocycles. The predicted octanol–water partition coefficient (Wildman–Crippen LogP) is 5.10. The highest BCUT2D eigenvalue weighted by Gasteiger charge is 2.22. The van der Waals surface area contributed by atoms with Gasteiger partial charge in [0.1, 0.15) is 5.82 Å². The van der Waals surface area contributed by atoms with E-state index in [1.807, 2.05) is 39.9 Å². The summed E-state index contributed by atoms with van der Waals surface area (Å²) in [6.45, 7) is 0. The summed E-state index contributed by atoms with van der Waals surface area (Å²) in [6, 6.07) is 14.6. The zero-order chi connectivity index (χ0) is 19.8. The zero-order valence-electron chi connectivity index (χ0n) is 15.5. The van der Waals surface area contributed by atoms with E-state index in [4.69, 9.17) is 0 Å². The van der Waals surface area contributed by atoms with E-state index < -0.39 is 0 Å². The Hall–Kier alpha value is -2.64. The van der Waals surface area contributed by atoms with E-state index in [-0.39, 0.29) is 17.8 Å². The molecule has 0 bridgehead atoms. The Kier molecular flexibility index (Phi) is 4.85. The van der Waals surface area contributed by atoms with Gasteiger partial charge in [0, 0.05) is 33.5 Å². The lowest BCUT2D eigenvalue weighted by Crippen LogP contribution is -2.32. The van der Waals surface area contributed by atoms with Crippen molar-refractivity contribution >= 4 is 34.0 Å². The molecule has 1 N–H and O–H groups in total. The minimum absolute atomic E-state index is 0.00781. The quantitative estimate of drug-likeness (QED) is 0.497. The Morgan fingerprint density at radius 3 is 2.90 bits per heavy atom. The van der Waals surface area contributed by atoms with Gasteiger partial charge in [-0.2, -0.15) is 0 Å². The minimum Gasteiger partial charge on any atom is -0.349 e. The summed E-state index contributed by atoms with van der Waals surface area (Å²) < 4.78 is 15.1. The Labute approximate surface area is 175 Å². The Bertz CT molecular complexity index is 1180. The Morgan fingerprint density at radius 1 is 1.21 bits per heavy atom. The summed E-state index contributed by atoms with van der Waals surface area (Å²) in [6.07, 6.45) is 3.14. The first-order valence-electron chi connectivity index (χ1n) is 9.40. The summed E-state index contributed by atoms with van der Waals surface area (Å²) in [7, 11) is 0. The van der Waals surface area contributed by atoms with E-state index in [2.05, 4.69) is 22.4 Å². The van der Waals surface area contributed by atoms with Gasteiger partial charge in [-0.25, -0.2) is 9.37 Å². The lowest BCUT2D eigenvalue weighted by atomic mass is 10.0. The minimum atomic E-state index is -0.269. The number of thioether (sulfide) groups is 1. The van der Waals surface area contributed by atoms with Crippen molar-refractivity contribution in [3.8, 4) is 11.3 Å². The molecule has 5 rings (SSSR count). The van der Waals surface area contributed by atoms with E-state index in [1.54, 1.807) is 12.1 Å². The standard InChI is InChI=1S/C22H18FN3OS2/c23-15-7-5-14(6-8-15)19-12-26-16(13-29-22(26)25-19)11-21(27)24-18-9-10-28-20-4-2-1-3-17(18)20/h1-8,12-13,18H,9-11H2,(H,24,27). The van der Waals surface area contributed by atoms with Crippen molar-refractivity contribution in [2.75, 3.05) is 5.75 Å². The van der Waals surface area contributed by atoms with Crippen LogP contribution in [-0.2, 0) is 11.2 Å². The van der Waals surface area contributed by atoms with E-state index in [1.165, 1.54) is 33.9 Å². The number of imidazole rings is 1. The lowest BCUT2D eigenvalue weighted by molar-refractivity contribution is -0.121. The third kappa shape index (κ3) is 3.68. The molecule has 1 amide bonds. The third-order valence-electron chi connectivity index (χ3n) is 5.06. The van der Waals surface area contributed by atoms with Gasteiger partial charge in [0.25, 0.3) is 0 Å². The number of hydrogen-bond donors (Lipinski definition) is 1. The van der Waals surface area contributed by atoms with Crippen molar-refractivity contribution < 1.29 is 9.18 Å².